The molecule has 1 saturated heterocycles. The summed E-state index contributed by atoms with van der Waals surface area (Å²) in [4.78, 5) is 13.2. The Kier molecular flexibility index (Phi) is 3.45. The predicted molar refractivity (Wildman–Crippen MR) is 129 cm³/mol. The van der Waals surface area contributed by atoms with Gasteiger partial charge in [-0.15, -0.1) is 0 Å². The van der Waals surface area contributed by atoms with Crippen molar-refractivity contribution in [3.05, 3.63) is 59.7 Å². The van der Waals surface area contributed by atoms with Gasteiger partial charge in [0.05, 0.1) is 40.8 Å². The molecule has 170 valence electrons. The molecule has 34 heavy (non-hydrogen) atoms. The van der Waals surface area contributed by atoms with Crippen LogP contribution in [0.1, 0.15) is 35.5 Å². The number of amides is 1. The Hall–Kier alpha value is -3.39. The lowest BCUT2D eigenvalue weighted by Crippen LogP contribution is -2.41. The molecule has 5 aromatic rings. The van der Waals surface area contributed by atoms with Crippen molar-refractivity contribution in [2.75, 3.05) is 13.2 Å². The Balaban J connectivity index is 1.68. The highest BCUT2D eigenvalue weighted by atomic mass is 16.6. The lowest BCUT2D eigenvalue weighted by Gasteiger charge is -2.33. The van der Waals surface area contributed by atoms with Crippen LogP contribution in [0.15, 0.2) is 48.5 Å². The first kappa shape index (κ1) is 19.0. The summed E-state index contributed by atoms with van der Waals surface area (Å²) in [5.41, 5.74) is 5.34. The second-order valence-corrected chi connectivity index (χ2v) is 9.67. The highest BCUT2D eigenvalue weighted by Crippen LogP contribution is 2.54. The van der Waals surface area contributed by atoms with E-state index < -0.39 is 5.72 Å². The van der Waals surface area contributed by atoms with Crippen molar-refractivity contribution in [3.8, 4) is 0 Å². The first-order valence-electron chi connectivity index (χ1n) is 11.8. The van der Waals surface area contributed by atoms with E-state index in [2.05, 4.69) is 51.7 Å². The fraction of sp³-hybridized carbons (Fsp3) is 0.296. The Bertz CT molecular complexity index is 1710. The average molecular weight is 453 g/mol. The monoisotopic (exact) mass is 453 g/mol. The Labute approximate surface area is 194 Å². The lowest BCUT2D eigenvalue weighted by atomic mass is 9.96. The van der Waals surface area contributed by atoms with Gasteiger partial charge in [-0.3, -0.25) is 4.79 Å². The molecule has 0 saturated carbocycles. The maximum absolute atomic E-state index is 13.2. The van der Waals surface area contributed by atoms with E-state index in [1.165, 1.54) is 0 Å². The minimum Gasteiger partial charge on any atom is -0.394 e. The summed E-state index contributed by atoms with van der Waals surface area (Å²) in [5.74, 6) is -0.0117. The summed E-state index contributed by atoms with van der Waals surface area (Å²) in [6.07, 6.45) is 0.169. The zero-order valence-electron chi connectivity index (χ0n) is 18.7. The summed E-state index contributed by atoms with van der Waals surface area (Å²) >= 11 is 0. The maximum Gasteiger partial charge on any atom is 0.252 e. The van der Waals surface area contributed by atoms with E-state index in [4.69, 9.17) is 9.47 Å². The van der Waals surface area contributed by atoms with Gasteiger partial charge in [0.15, 0.2) is 5.72 Å². The molecule has 3 atom stereocenters. The maximum atomic E-state index is 13.2. The van der Waals surface area contributed by atoms with Crippen LogP contribution in [-0.2, 0) is 21.7 Å². The van der Waals surface area contributed by atoms with Crippen LogP contribution in [-0.4, -0.2) is 39.5 Å². The molecule has 1 fully saturated rings. The number of hydrogen-bond acceptors (Lipinski definition) is 4. The molecule has 0 spiro atoms. The predicted octanol–water partition coefficient (Wildman–Crippen LogP) is 4.13. The molecule has 2 N–H and O–H groups in total. The van der Waals surface area contributed by atoms with E-state index >= 15 is 0 Å². The lowest BCUT2D eigenvalue weighted by molar-refractivity contribution is -0.151. The number of para-hydroxylation sites is 2. The van der Waals surface area contributed by atoms with Gasteiger partial charge < -0.3 is 29.0 Å². The van der Waals surface area contributed by atoms with Crippen molar-refractivity contribution in [2.45, 2.75) is 37.9 Å². The molecule has 7 nitrogen and oxygen atoms in total. The van der Waals surface area contributed by atoms with Crippen LogP contribution in [0.25, 0.3) is 43.6 Å². The minimum atomic E-state index is -0.765. The fourth-order valence-corrected chi connectivity index (χ4v) is 6.81. The number of fused-ring (bicyclic) bond motifs is 13. The van der Waals surface area contributed by atoms with Crippen LogP contribution >= 0.6 is 0 Å². The van der Waals surface area contributed by atoms with E-state index in [0.717, 1.165) is 54.7 Å². The number of ether oxygens (including phenoxy) is 2. The average Bonchev–Trinajstić information content (AvgIpc) is 3.55. The van der Waals surface area contributed by atoms with Gasteiger partial charge in [0.25, 0.3) is 5.91 Å². The minimum absolute atomic E-state index is 0.0117. The van der Waals surface area contributed by atoms with E-state index in [1.54, 1.807) is 0 Å². The summed E-state index contributed by atoms with van der Waals surface area (Å²) in [6.45, 7) is 2.83. The molecule has 1 amide bonds. The third-order valence-electron chi connectivity index (χ3n) is 8.05. The van der Waals surface area contributed by atoms with Crippen LogP contribution in [0.2, 0.25) is 0 Å². The van der Waals surface area contributed by atoms with Crippen LogP contribution in [0.5, 0.6) is 0 Å². The smallest absolute Gasteiger partial charge is 0.252 e. The summed E-state index contributed by atoms with van der Waals surface area (Å²) < 4.78 is 17.7. The Morgan fingerprint density at radius 1 is 1.09 bits per heavy atom. The van der Waals surface area contributed by atoms with Gasteiger partial charge in [-0.05, 0) is 24.6 Å². The quantitative estimate of drug-likeness (QED) is 0.431. The molecule has 0 aliphatic carbocycles. The van der Waals surface area contributed by atoms with E-state index in [1.807, 2.05) is 18.2 Å². The molecule has 0 radical (unpaired) electrons. The number of rotatable bonds is 3. The SMILES string of the molecule is CC12OC(CC1OCCO)n1c3ccccc3c3c4c(c5c6ccccc6n2c5c31)CNC4=O. The third kappa shape index (κ3) is 1.99. The number of hydrogen-bond donors (Lipinski definition) is 2. The summed E-state index contributed by atoms with van der Waals surface area (Å²) in [5, 5.41) is 16.9. The summed E-state index contributed by atoms with van der Waals surface area (Å²) in [6, 6.07) is 16.6. The number of nitrogens with one attached hydrogen (secondary N) is 1. The fourth-order valence-electron chi connectivity index (χ4n) is 6.81. The number of aliphatic hydroxyl groups is 1. The number of carbonyl (C=O) groups is 1. The van der Waals surface area contributed by atoms with Crippen LogP contribution in [0.3, 0.4) is 0 Å². The number of benzene rings is 3. The second kappa shape index (κ2) is 6.18. The molecular formula is C27H23N3O4. The van der Waals surface area contributed by atoms with E-state index in [-0.39, 0.29) is 31.5 Å². The van der Waals surface area contributed by atoms with Gasteiger partial charge in [0.2, 0.25) is 0 Å². The first-order chi connectivity index (χ1) is 16.6. The van der Waals surface area contributed by atoms with Gasteiger partial charge >= 0.3 is 0 Å². The molecule has 3 aliphatic heterocycles. The Morgan fingerprint density at radius 3 is 2.62 bits per heavy atom. The van der Waals surface area contributed by atoms with E-state index in [9.17, 15) is 9.90 Å². The van der Waals surface area contributed by atoms with Crippen LogP contribution in [0, 0.1) is 0 Å². The van der Waals surface area contributed by atoms with Crippen molar-refractivity contribution in [2.24, 2.45) is 0 Å². The van der Waals surface area contributed by atoms with Gasteiger partial charge in [-0.1, -0.05) is 36.4 Å². The molecule has 8 rings (SSSR count). The van der Waals surface area contributed by atoms with Gasteiger partial charge in [-0.25, -0.2) is 0 Å². The molecule has 3 unspecified atom stereocenters. The third-order valence-corrected chi connectivity index (χ3v) is 8.05. The van der Waals surface area contributed by atoms with Crippen molar-refractivity contribution >= 4 is 49.5 Å². The number of aromatic nitrogens is 2. The standard InChI is InChI=1S/C27H23N3O4/c1-27-19(33-11-10-31)12-20(34-27)29-17-8-4-2-6-14(17)22-23-16(13-28-26(23)32)21-15-7-3-5-9-18(15)30(27)25(21)24(22)29/h2-9,19-20,31H,10-13H2,1H3,(H,28,32). The van der Waals surface area contributed by atoms with Gasteiger partial charge in [0.1, 0.15) is 12.3 Å². The molecule has 3 aliphatic rings. The van der Waals surface area contributed by atoms with Crippen molar-refractivity contribution in [1.29, 1.82) is 0 Å². The van der Waals surface area contributed by atoms with Crippen molar-refractivity contribution in [3.63, 3.8) is 0 Å². The normalized spacial score (nSPS) is 25.2. The molecule has 3 aromatic carbocycles. The number of carbonyl (C=O) groups excluding carboxylic acids is 1. The van der Waals surface area contributed by atoms with Crippen molar-refractivity contribution < 1.29 is 19.4 Å². The van der Waals surface area contributed by atoms with E-state index in [0.29, 0.717) is 13.0 Å². The zero-order valence-corrected chi connectivity index (χ0v) is 18.7. The van der Waals surface area contributed by atoms with Crippen LogP contribution in [0.4, 0.5) is 0 Å². The molecule has 7 heteroatoms. The highest BCUT2D eigenvalue weighted by molar-refractivity contribution is 6.31. The first-order valence-corrected chi connectivity index (χ1v) is 11.8. The van der Waals surface area contributed by atoms with Crippen molar-refractivity contribution in [1.82, 2.24) is 14.5 Å². The second-order valence-electron chi connectivity index (χ2n) is 9.67. The molecule has 5 heterocycles. The zero-order chi connectivity index (χ0) is 22.8. The largest absolute Gasteiger partial charge is 0.394 e. The molecular weight excluding hydrogens is 430 g/mol. The molecule has 2 bridgehead atoms. The Morgan fingerprint density at radius 2 is 1.82 bits per heavy atom. The van der Waals surface area contributed by atoms with Gasteiger partial charge in [-0.2, -0.15) is 0 Å². The highest BCUT2D eigenvalue weighted by Gasteiger charge is 2.52. The van der Waals surface area contributed by atoms with Crippen LogP contribution < -0.4 is 5.32 Å². The summed E-state index contributed by atoms with van der Waals surface area (Å²) in [7, 11) is 0. The molecule has 2 aromatic heterocycles. The van der Waals surface area contributed by atoms with Gasteiger partial charge in [0, 0.05) is 34.5 Å². The number of nitrogens with zero attached hydrogens (tertiary/aromatic N) is 2. The number of aliphatic hydroxyl groups excluding tert-OH is 1. The topological polar surface area (TPSA) is 77.7 Å².